The van der Waals surface area contributed by atoms with Gasteiger partial charge in [0, 0.05) is 24.4 Å². The largest absolute Gasteiger partial charge is 0.465 e. The maximum atomic E-state index is 14.1. The molecule has 2 fully saturated rings. The van der Waals surface area contributed by atoms with E-state index in [2.05, 4.69) is 18.8 Å². The number of ether oxygens (including phenoxy) is 2. The summed E-state index contributed by atoms with van der Waals surface area (Å²) < 4.78 is 10.5. The average Bonchev–Trinajstić information content (AvgIpc) is 3.29. The monoisotopic (exact) mass is 516 g/mol. The number of morpholine rings is 1. The summed E-state index contributed by atoms with van der Waals surface area (Å²) in [5.41, 5.74) is 0.212. The number of esters is 1. The van der Waals surface area contributed by atoms with E-state index in [0.29, 0.717) is 54.1 Å². The first kappa shape index (κ1) is 28.2. The van der Waals surface area contributed by atoms with Gasteiger partial charge >= 0.3 is 5.97 Å². The fourth-order valence-corrected chi connectivity index (χ4v) is 5.64. The van der Waals surface area contributed by atoms with Crippen molar-refractivity contribution in [2.75, 3.05) is 38.3 Å². The Balaban J connectivity index is 2.09. The zero-order valence-electron chi connectivity index (χ0n) is 22.5. The Labute approximate surface area is 219 Å². The number of hydrogen-bond donors (Lipinski definition) is 0. The normalized spacial score (nSPS) is 21.2. The van der Waals surface area contributed by atoms with E-state index in [9.17, 15) is 14.4 Å². The first-order valence-corrected chi connectivity index (χ1v) is 13.8. The molecule has 1 aliphatic carbocycles. The standard InChI is InChI=1S/C28H40N2O5S/c1-7-22(26(32)29-14-16-35-17-15-29)30(25(31)20-10-8-19(2)9-11-20)23-18-21(12-13-28(3,4)5)36-24(23)27(33)34-6/h18-20,22H,7-11,14-17H2,1-6H3. The van der Waals surface area contributed by atoms with Gasteiger partial charge in [-0.3, -0.25) is 14.5 Å². The molecule has 2 amide bonds. The molecule has 0 bridgehead atoms. The third kappa shape index (κ3) is 6.89. The van der Waals surface area contributed by atoms with Gasteiger partial charge < -0.3 is 14.4 Å². The van der Waals surface area contributed by atoms with Crippen LogP contribution < -0.4 is 4.90 Å². The summed E-state index contributed by atoms with van der Waals surface area (Å²) in [6.07, 6.45) is 3.97. The van der Waals surface area contributed by atoms with Crippen LogP contribution in [0.25, 0.3) is 0 Å². The number of carbonyl (C=O) groups excluding carboxylic acids is 3. The molecule has 1 aromatic heterocycles. The highest BCUT2D eigenvalue weighted by Gasteiger charge is 2.39. The van der Waals surface area contributed by atoms with E-state index in [-0.39, 0.29) is 23.1 Å². The predicted octanol–water partition coefficient (Wildman–Crippen LogP) is 4.73. The van der Waals surface area contributed by atoms with Crippen molar-refractivity contribution in [3.8, 4) is 11.8 Å². The Kier molecular flexibility index (Phi) is 9.59. The summed E-state index contributed by atoms with van der Waals surface area (Å²) in [7, 11) is 1.33. The summed E-state index contributed by atoms with van der Waals surface area (Å²) in [5.74, 6) is 6.06. The molecule has 8 heteroatoms. The van der Waals surface area contributed by atoms with Gasteiger partial charge in [0.15, 0.2) is 0 Å². The van der Waals surface area contributed by atoms with E-state index in [1.54, 1.807) is 15.9 Å². The Morgan fingerprint density at radius 1 is 1.19 bits per heavy atom. The number of rotatable bonds is 6. The maximum Gasteiger partial charge on any atom is 0.350 e. The first-order valence-electron chi connectivity index (χ1n) is 13.0. The van der Waals surface area contributed by atoms with E-state index in [4.69, 9.17) is 9.47 Å². The number of anilines is 1. The van der Waals surface area contributed by atoms with Gasteiger partial charge in [-0.05, 0) is 64.9 Å². The Morgan fingerprint density at radius 2 is 1.83 bits per heavy atom. The van der Waals surface area contributed by atoms with E-state index in [0.717, 1.165) is 25.7 Å². The molecule has 1 unspecified atom stereocenters. The lowest BCUT2D eigenvalue weighted by Gasteiger charge is -2.38. The van der Waals surface area contributed by atoms with Gasteiger partial charge in [0.1, 0.15) is 10.9 Å². The predicted molar refractivity (Wildman–Crippen MR) is 142 cm³/mol. The lowest BCUT2D eigenvalue weighted by molar-refractivity contribution is -0.139. The summed E-state index contributed by atoms with van der Waals surface area (Å²) in [6.45, 7) is 12.1. The molecule has 0 spiro atoms. The summed E-state index contributed by atoms with van der Waals surface area (Å²) in [5, 5.41) is 0. The lowest BCUT2D eigenvalue weighted by Crippen LogP contribution is -2.55. The second-order valence-electron chi connectivity index (χ2n) is 10.8. The van der Waals surface area contributed by atoms with E-state index >= 15 is 0 Å². The third-order valence-corrected chi connectivity index (χ3v) is 7.83. The van der Waals surface area contributed by atoms with Crippen molar-refractivity contribution in [3.63, 3.8) is 0 Å². The second kappa shape index (κ2) is 12.2. The average molecular weight is 517 g/mol. The molecule has 0 radical (unpaired) electrons. The Morgan fingerprint density at radius 3 is 2.39 bits per heavy atom. The number of hydrogen-bond acceptors (Lipinski definition) is 6. The molecule has 0 aromatic carbocycles. The van der Waals surface area contributed by atoms with Crippen molar-refractivity contribution in [1.82, 2.24) is 4.90 Å². The van der Waals surface area contributed by atoms with Gasteiger partial charge in [0.25, 0.3) is 0 Å². The van der Waals surface area contributed by atoms with Gasteiger partial charge in [-0.15, -0.1) is 11.3 Å². The van der Waals surface area contributed by atoms with Crippen LogP contribution in [0.15, 0.2) is 6.07 Å². The highest BCUT2D eigenvalue weighted by Crippen LogP contribution is 2.37. The first-order chi connectivity index (χ1) is 17.1. The molecule has 3 rings (SSSR count). The van der Waals surface area contributed by atoms with Gasteiger partial charge in [0.2, 0.25) is 11.8 Å². The molecule has 2 aliphatic rings. The number of thiophene rings is 1. The molecular formula is C28H40N2O5S. The molecule has 1 saturated heterocycles. The molecule has 36 heavy (non-hydrogen) atoms. The molecule has 1 aliphatic heterocycles. The highest BCUT2D eigenvalue weighted by atomic mass is 32.1. The van der Waals surface area contributed by atoms with E-state index in [1.807, 2.05) is 27.7 Å². The number of carbonyl (C=O) groups is 3. The smallest absolute Gasteiger partial charge is 0.350 e. The summed E-state index contributed by atoms with van der Waals surface area (Å²) in [6, 6.07) is 1.07. The Hall–Kier alpha value is -2.37. The lowest BCUT2D eigenvalue weighted by atomic mass is 9.82. The van der Waals surface area contributed by atoms with Crippen LogP contribution >= 0.6 is 11.3 Å². The van der Waals surface area contributed by atoms with Crippen molar-refractivity contribution in [3.05, 3.63) is 15.8 Å². The molecular weight excluding hydrogens is 476 g/mol. The highest BCUT2D eigenvalue weighted by molar-refractivity contribution is 7.15. The zero-order chi connectivity index (χ0) is 26.5. The summed E-state index contributed by atoms with van der Waals surface area (Å²) in [4.78, 5) is 45.1. The van der Waals surface area contributed by atoms with Crippen LogP contribution in [0.3, 0.4) is 0 Å². The molecule has 0 N–H and O–H groups in total. The SMILES string of the molecule is CCC(C(=O)N1CCOCC1)N(C(=O)C1CCC(C)CC1)c1cc(C#CC(C)(C)C)sc1C(=O)OC. The molecule has 198 valence electrons. The molecule has 1 atom stereocenters. The van der Waals surface area contributed by atoms with Crippen molar-refractivity contribution in [1.29, 1.82) is 0 Å². The summed E-state index contributed by atoms with van der Waals surface area (Å²) >= 11 is 1.21. The van der Waals surface area contributed by atoms with Gasteiger partial charge in [-0.25, -0.2) is 4.79 Å². The van der Waals surface area contributed by atoms with E-state index in [1.165, 1.54) is 18.4 Å². The van der Waals surface area contributed by atoms with Gasteiger partial charge in [-0.2, -0.15) is 0 Å². The zero-order valence-corrected chi connectivity index (χ0v) is 23.3. The molecule has 1 aromatic rings. The van der Waals surface area contributed by atoms with E-state index < -0.39 is 12.0 Å². The van der Waals surface area contributed by atoms with Crippen LogP contribution in [0, 0.1) is 29.1 Å². The fraction of sp³-hybridized carbons (Fsp3) is 0.679. The third-order valence-electron chi connectivity index (χ3n) is 6.81. The molecule has 1 saturated carbocycles. The fourth-order valence-electron chi connectivity index (χ4n) is 4.72. The number of amides is 2. The number of methoxy groups -OCH3 is 1. The minimum atomic E-state index is -0.712. The van der Waals surface area contributed by atoms with Crippen LogP contribution in [-0.2, 0) is 19.1 Å². The van der Waals surface area contributed by atoms with Crippen molar-refractivity contribution >= 4 is 34.8 Å². The quantitative estimate of drug-likeness (QED) is 0.404. The minimum absolute atomic E-state index is 0.0892. The topological polar surface area (TPSA) is 76.2 Å². The van der Waals surface area contributed by atoms with Crippen molar-refractivity contribution in [2.24, 2.45) is 17.3 Å². The van der Waals surface area contributed by atoms with Crippen molar-refractivity contribution in [2.45, 2.75) is 72.8 Å². The van der Waals surface area contributed by atoms with Crippen LogP contribution in [0.4, 0.5) is 5.69 Å². The minimum Gasteiger partial charge on any atom is -0.465 e. The maximum absolute atomic E-state index is 14.1. The Bertz CT molecular complexity index is 1000. The van der Waals surface area contributed by atoms with Gasteiger partial charge in [-0.1, -0.05) is 25.7 Å². The van der Waals surface area contributed by atoms with Crippen LogP contribution in [0.1, 0.15) is 81.3 Å². The second-order valence-corrected chi connectivity index (χ2v) is 11.9. The van der Waals surface area contributed by atoms with Crippen molar-refractivity contribution < 1.29 is 23.9 Å². The van der Waals surface area contributed by atoms with Crippen LogP contribution in [0.5, 0.6) is 0 Å². The number of nitrogens with zero attached hydrogens (tertiary/aromatic N) is 2. The van der Waals surface area contributed by atoms with Crippen LogP contribution in [-0.4, -0.2) is 62.1 Å². The van der Waals surface area contributed by atoms with Gasteiger partial charge in [0.05, 0.1) is 30.9 Å². The molecule has 2 heterocycles. The van der Waals surface area contributed by atoms with Crippen LogP contribution in [0.2, 0.25) is 0 Å². The molecule has 7 nitrogen and oxygen atoms in total.